The van der Waals surface area contributed by atoms with Crippen LogP contribution < -0.4 is 0 Å². The van der Waals surface area contributed by atoms with Gasteiger partial charge >= 0.3 is 5.97 Å². The standard InChI is InChI=1S/C19H24O6/c1-11(3-6-16(22)18(24)25)14(20)7-4-12-13-5-8-17(23)19(13,2)10-9-15(12)21/h3,6,12-13,22H,4-5,7-10H2,1-2H3,(H,24,25)/b11-3+,16-6-/t12?,13-,19-/m0/s1. The summed E-state index contributed by atoms with van der Waals surface area (Å²) in [4.78, 5) is 47.2. The first-order chi connectivity index (χ1) is 11.7. The molecule has 2 aliphatic rings. The Morgan fingerprint density at radius 1 is 1.20 bits per heavy atom. The van der Waals surface area contributed by atoms with Crippen molar-refractivity contribution in [2.24, 2.45) is 17.3 Å². The molecule has 0 aromatic carbocycles. The zero-order chi connectivity index (χ0) is 18.8. The van der Waals surface area contributed by atoms with Crippen molar-refractivity contribution in [3.8, 4) is 0 Å². The topological polar surface area (TPSA) is 109 Å². The summed E-state index contributed by atoms with van der Waals surface area (Å²) >= 11 is 0. The van der Waals surface area contributed by atoms with Crippen LogP contribution in [0.1, 0.15) is 52.4 Å². The largest absolute Gasteiger partial charge is 0.502 e. The Morgan fingerprint density at radius 2 is 1.88 bits per heavy atom. The maximum atomic E-state index is 12.3. The fourth-order valence-corrected chi connectivity index (χ4v) is 4.07. The summed E-state index contributed by atoms with van der Waals surface area (Å²) in [5.74, 6) is -2.37. The summed E-state index contributed by atoms with van der Waals surface area (Å²) in [6, 6.07) is 0. The Morgan fingerprint density at radius 3 is 2.52 bits per heavy atom. The Balaban J connectivity index is 2.02. The molecule has 0 radical (unpaired) electrons. The van der Waals surface area contributed by atoms with Gasteiger partial charge in [0.2, 0.25) is 5.76 Å². The van der Waals surface area contributed by atoms with E-state index in [1.54, 1.807) is 6.92 Å². The highest BCUT2D eigenvalue weighted by atomic mass is 16.4. The molecular formula is C19H24O6. The van der Waals surface area contributed by atoms with Gasteiger partial charge in [-0.3, -0.25) is 14.4 Å². The van der Waals surface area contributed by atoms with Gasteiger partial charge < -0.3 is 10.2 Å². The van der Waals surface area contributed by atoms with Crippen molar-refractivity contribution in [1.29, 1.82) is 0 Å². The van der Waals surface area contributed by atoms with E-state index in [9.17, 15) is 19.2 Å². The summed E-state index contributed by atoms with van der Waals surface area (Å²) in [6.45, 7) is 3.48. The molecule has 2 rings (SSSR count). The zero-order valence-corrected chi connectivity index (χ0v) is 14.6. The first-order valence-electron chi connectivity index (χ1n) is 8.57. The van der Waals surface area contributed by atoms with Crippen molar-refractivity contribution >= 4 is 23.3 Å². The average Bonchev–Trinajstić information content (AvgIpc) is 2.87. The minimum Gasteiger partial charge on any atom is -0.502 e. The Bertz CT molecular complexity index is 671. The quantitative estimate of drug-likeness (QED) is 0.434. The van der Waals surface area contributed by atoms with Gasteiger partial charge in [-0.2, -0.15) is 0 Å². The van der Waals surface area contributed by atoms with Crippen LogP contribution in [0.4, 0.5) is 0 Å². The molecule has 25 heavy (non-hydrogen) atoms. The number of carbonyl (C=O) groups excluding carboxylic acids is 3. The van der Waals surface area contributed by atoms with Gasteiger partial charge in [0.05, 0.1) is 0 Å². The first kappa shape index (κ1) is 19.1. The lowest BCUT2D eigenvalue weighted by Gasteiger charge is -2.39. The summed E-state index contributed by atoms with van der Waals surface area (Å²) in [7, 11) is 0. The van der Waals surface area contributed by atoms with Gasteiger partial charge in [0.15, 0.2) is 5.78 Å². The molecule has 2 saturated carbocycles. The lowest BCUT2D eigenvalue weighted by Crippen LogP contribution is -2.42. The zero-order valence-electron chi connectivity index (χ0n) is 14.6. The number of aliphatic hydroxyl groups is 1. The second-order valence-electron chi connectivity index (χ2n) is 7.23. The Hall–Kier alpha value is -2.24. The Kier molecular flexibility index (Phi) is 5.60. The van der Waals surface area contributed by atoms with E-state index in [1.165, 1.54) is 6.08 Å². The average molecular weight is 348 g/mol. The number of ketones is 3. The monoisotopic (exact) mass is 348 g/mol. The SMILES string of the molecule is C/C(=C\C=C(/O)C(=O)O)C(=O)CCC1C(=O)CC[C@]2(C)C(=O)CC[C@@H]12. The summed E-state index contributed by atoms with van der Waals surface area (Å²) < 4.78 is 0. The maximum Gasteiger partial charge on any atom is 0.370 e. The van der Waals surface area contributed by atoms with Crippen LogP contribution in [0.25, 0.3) is 0 Å². The van der Waals surface area contributed by atoms with E-state index >= 15 is 0 Å². The predicted octanol–water partition coefficient (Wildman–Crippen LogP) is 2.77. The number of hydrogen-bond acceptors (Lipinski definition) is 5. The highest BCUT2D eigenvalue weighted by Crippen LogP contribution is 2.52. The van der Waals surface area contributed by atoms with E-state index in [4.69, 9.17) is 10.2 Å². The molecule has 2 fully saturated rings. The summed E-state index contributed by atoms with van der Waals surface area (Å²) in [6.07, 6.45) is 5.03. The summed E-state index contributed by atoms with van der Waals surface area (Å²) in [5, 5.41) is 17.7. The normalized spacial score (nSPS) is 30.3. The molecule has 2 N–H and O–H groups in total. The van der Waals surface area contributed by atoms with E-state index in [0.717, 1.165) is 6.08 Å². The van der Waals surface area contributed by atoms with E-state index < -0.39 is 17.1 Å². The number of fused-ring (bicyclic) bond motifs is 1. The molecule has 0 bridgehead atoms. The summed E-state index contributed by atoms with van der Waals surface area (Å²) in [5.41, 5.74) is -0.107. The fraction of sp³-hybridized carbons (Fsp3) is 0.579. The minimum absolute atomic E-state index is 0.0225. The lowest BCUT2D eigenvalue weighted by atomic mass is 9.62. The van der Waals surface area contributed by atoms with Gasteiger partial charge in [0.25, 0.3) is 0 Å². The minimum atomic E-state index is -1.46. The molecule has 6 heteroatoms. The van der Waals surface area contributed by atoms with E-state index in [-0.39, 0.29) is 35.6 Å². The van der Waals surface area contributed by atoms with E-state index in [0.29, 0.717) is 37.7 Å². The van der Waals surface area contributed by atoms with Crippen LogP contribution in [0.5, 0.6) is 0 Å². The third kappa shape index (κ3) is 3.89. The number of carbonyl (C=O) groups is 4. The third-order valence-corrected chi connectivity index (χ3v) is 5.76. The molecule has 3 atom stereocenters. The van der Waals surface area contributed by atoms with Crippen LogP contribution in [0.15, 0.2) is 23.5 Å². The van der Waals surface area contributed by atoms with Crippen molar-refractivity contribution in [2.75, 3.05) is 0 Å². The molecule has 0 amide bonds. The highest BCUT2D eigenvalue weighted by Gasteiger charge is 2.53. The molecule has 0 aromatic heterocycles. The molecule has 0 spiro atoms. The van der Waals surface area contributed by atoms with Crippen molar-refractivity contribution in [2.45, 2.75) is 52.4 Å². The van der Waals surface area contributed by atoms with Gasteiger partial charge in [0, 0.05) is 30.6 Å². The van der Waals surface area contributed by atoms with Gasteiger partial charge in [-0.1, -0.05) is 13.0 Å². The second-order valence-corrected chi connectivity index (χ2v) is 7.23. The van der Waals surface area contributed by atoms with Crippen molar-refractivity contribution in [1.82, 2.24) is 0 Å². The molecule has 0 aromatic rings. The van der Waals surface area contributed by atoms with Gasteiger partial charge in [-0.15, -0.1) is 0 Å². The van der Waals surface area contributed by atoms with Gasteiger partial charge in [0.1, 0.15) is 11.6 Å². The number of hydrogen-bond donors (Lipinski definition) is 2. The van der Waals surface area contributed by atoms with Gasteiger partial charge in [-0.05, 0) is 43.8 Å². The molecule has 1 unspecified atom stereocenters. The van der Waals surface area contributed by atoms with Crippen LogP contribution in [0, 0.1) is 17.3 Å². The number of carboxylic acids is 1. The highest BCUT2D eigenvalue weighted by molar-refractivity contribution is 5.96. The van der Waals surface area contributed by atoms with Crippen molar-refractivity contribution in [3.63, 3.8) is 0 Å². The Labute approximate surface area is 146 Å². The number of Topliss-reactive ketones (excluding diaryl/α,β-unsaturated/α-hetero) is 3. The molecule has 0 aliphatic heterocycles. The number of carboxylic acid groups (broad SMARTS) is 1. The van der Waals surface area contributed by atoms with Crippen LogP contribution in [-0.4, -0.2) is 33.5 Å². The van der Waals surface area contributed by atoms with Gasteiger partial charge in [-0.25, -0.2) is 4.79 Å². The molecule has 0 heterocycles. The number of rotatable bonds is 6. The first-order valence-corrected chi connectivity index (χ1v) is 8.57. The predicted molar refractivity (Wildman–Crippen MR) is 89.9 cm³/mol. The van der Waals surface area contributed by atoms with Crippen LogP contribution >= 0.6 is 0 Å². The molecular weight excluding hydrogens is 324 g/mol. The maximum absolute atomic E-state index is 12.3. The van der Waals surface area contributed by atoms with E-state index in [1.807, 2.05) is 6.92 Å². The van der Waals surface area contributed by atoms with Crippen molar-refractivity contribution in [3.05, 3.63) is 23.5 Å². The van der Waals surface area contributed by atoms with Crippen LogP contribution in [-0.2, 0) is 19.2 Å². The smallest absolute Gasteiger partial charge is 0.370 e. The molecule has 6 nitrogen and oxygen atoms in total. The fourth-order valence-electron chi connectivity index (χ4n) is 4.07. The van der Waals surface area contributed by atoms with E-state index in [2.05, 4.69) is 0 Å². The lowest BCUT2D eigenvalue weighted by molar-refractivity contribution is -0.137. The number of allylic oxidation sites excluding steroid dienone is 3. The molecule has 0 saturated heterocycles. The third-order valence-electron chi connectivity index (χ3n) is 5.76. The van der Waals surface area contributed by atoms with Crippen molar-refractivity contribution < 1.29 is 29.4 Å². The molecule has 2 aliphatic carbocycles. The van der Waals surface area contributed by atoms with Crippen LogP contribution in [0.3, 0.4) is 0 Å². The molecule has 136 valence electrons. The number of aliphatic carboxylic acids is 1. The number of aliphatic hydroxyl groups excluding tert-OH is 1. The van der Waals surface area contributed by atoms with Crippen LogP contribution in [0.2, 0.25) is 0 Å². The second kappa shape index (κ2) is 7.33.